The third-order valence-corrected chi connectivity index (χ3v) is 3.05. The Kier molecular flexibility index (Phi) is 1.89. The van der Waals surface area contributed by atoms with Gasteiger partial charge in [0.15, 0.2) is 0 Å². The van der Waals surface area contributed by atoms with Crippen molar-refractivity contribution >= 4 is 12.8 Å². The fourth-order valence-corrected chi connectivity index (χ4v) is 2.02. The van der Waals surface area contributed by atoms with Gasteiger partial charge in [-0.15, -0.1) is 0 Å². The van der Waals surface area contributed by atoms with Crippen LogP contribution < -0.4 is 4.72 Å². The molecule has 0 amide bonds. The van der Waals surface area contributed by atoms with Gasteiger partial charge < -0.3 is 0 Å². The lowest BCUT2D eigenvalue weighted by Crippen LogP contribution is -2.20. The van der Waals surface area contributed by atoms with E-state index in [-0.39, 0.29) is 5.54 Å². The van der Waals surface area contributed by atoms with Crippen molar-refractivity contribution in [2.24, 2.45) is 0 Å². The standard InChI is InChI=1S/C10H13NS/c1-8-4-2-3-5-9(8)10(11-12)6-7-10/h2-5,11-12H,6-7H2,1H3. The van der Waals surface area contributed by atoms with Crippen LogP contribution in [-0.2, 0) is 5.54 Å². The summed E-state index contributed by atoms with van der Waals surface area (Å²) in [6.07, 6.45) is 2.42. The molecular formula is C10H13NS. The molecule has 0 aromatic heterocycles. The van der Waals surface area contributed by atoms with E-state index in [1.807, 2.05) is 0 Å². The Morgan fingerprint density at radius 2 is 2.00 bits per heavy atom. The lowest BCUT2D eigenvalue weighted by molar-refractivity contribution is 0.678. The Morgan fingerprint density at radius 1 is 1.33 bits per heavy atom. The second-order valence-electron chi connectivity index (χ2n) is 3.51. The summed E-state index contributed by atoms with van der Waals surface area (Å²) in [7, 11) is 0. The maximum absolute atomic E-state index is 4.17. The van der Waals surface area contributed by atoms with Crippen LogP contribution in [0.15, 0.2) is 24.3 Å². The van der Waals surface area contributed by atoms with Crippen molar-refractivity contribution in [1.82, 2.24) is 4.72 Å². The Morgan fingerprint density at radius 3 is 2.50 bits per heavy atom. The molecule has 1 saturated carbocycles. The fourth-order valence-electron chi connectivity index (χ4n) is 1.68. The van der Waals surface area contributed by atoms with Crippen LogP contribution in [0.5, 0.6) is 0 Å². The maximum atomic E-state index is 4.17. The predicted molar refractivity (Wildman–Crippen MR) is 54.2 cm³/mol. The second kappa shape index (κ2) is 2.79. The Hall–Kier alpha value is -0.470. The molecule has 0 saturated heterocycles. The maximum Gasteiger partial charge on any atom is 0.0533 e. The molecule has 1 aromatic rings. The average Bonchev–Trinajstić information content (AvgIpc) is 2.86. The van der Waals surface area contributed by atoms with Crippen LogP contribution in [-0.4, -0.2) is 0 Å². The molecule has 0 unspecified atom stereocenters. The first-order valence-electron chi connectivity index (χ1n) is 4.26. The van der Waals surface area contributed by atoms with E-state index in [2.05, 4.69) is 48.7 Å². The van der Waals surface area contributed by atoms with Gasteiger partial charge in [0.05, 0.1) is 5.54 Å². The molecule has 1 aliphatic rings. The van der Waals surface area contributed by atoms with Crippen LogP contribution in [0.1, 0.15) is 24.0 Å². The van der Waals surface area contributed by atoms with Gasteiger partial charge in [-0.2, -0.15) is 0 Å². The Labute approximate surface area is 78.7 Å². The monoisotopic (exact) mass is 179 g/mol. The molecule has 2 rings (SSSR count). The molecule has 0 atom stereocenters. The van der Waals surface area contributed by atoms with Gasteiger partial charge in [-0.3, -0.25) is 4.72 Å². The normalized spacial score (nSPS) is 19.2. The molecule has 2 heteroatoms. The zero-order valence-corrected chi connectivity index (χ0v) is 8.07. The van der Waals surface area contributed by atoms with Crippen LogP contribution >= 0.6 is 12.8 Å². The molecule has 64 valence electrons. The summed E-state index contributed by atoms with van der Waals surface area (Å²) in [6, 6.07) is 8.51. The number of hydrogen-bond acceptors (Lipinski definition) is 2. The molecule has 0 bridgehead atoms. The number of hydrogen-bond donors (Lipinski definition) is 2. The minimum absolute atomic E-state index is 0.189. The highest BCUT2D eigenvalue weighted by atomic mass is 32.1. The van der Waals surface area contributed by atoms with E-state index in [1.165, 1.54) is 24.0 Å². The lowest BCUT2D eigenvalue weighted by atomic mass is 10.0. The van der Waals surface area contributed by atoms with E-state index in [1.54, 1.807) is 0 Å². The Balaban J connectivity index is 2.40. The van der Waals surface area contributed by atoms with Gasteiger partial charge in [0.1, 0.15) is 0 Å². The molecule has 1 aliphatic carbocycles. The van der Waals surface area contributed by atoms with Crippen LogP contribution in [0, 0.1) is 6.92 Å². The summed E-state index contributed by atoms with van der Waals surface area (Å²) in [5.41, 5.74) is 2.95. The third-order valence-electron chi connectivity index (χ3n) is 2.62. The Bertz CT molecular complexity index is 292. The molecule has 0 aliphatic heterocycles. The van der Waals surface area contributed by atoms with Crippen molar-refractivity contribution in [3.8, 4) is 0 Å². The molecule has 0 radical (unpaired) electrons. The zero-order valence-electron chi connectivity index (χ0n) is 7.17. The number of benzene rings is 1. The third kappa shape index (κ3) is 1.15. The second-order valence-corrected chi connectivity index (χ2v) is 3.73. The lowest BCUT2D eigenvalue weighted by Gasteiger charge is -2.15. The van der Waals surface area contributed by atoms with Crippen molar-refractivity contribution in [2.75, 3.05) is 0 Å². The van der Waals surface area contributed by atoms with E-state index in [4.69, 9.17) is 0 Å². The zero-order chi connectivity index (χ0) is 8.60. The first kappa shape index (κ1) is 8.14. The smallest absolute Gasteiger partial charge is 0.0533 e. The van der Waals surface area contributed by atoms with Crippen LogP contribution in [0.25, 0.3) is 0 Å². The first-order chi connectivity index (χ1) is 5.78. The minimum atomic E-state index is 0.189. The molecule has 1 fully saturated rings. The molecule has 1 N–H and O–H groups in total. The molecule has 0 spiro atoms. The SMILES string of the molecule is Cc1ccccc1C1(NS)CC1. The highest BCUT2D eigenvalue weighted by molar-refractivity contribution is 7.78. The van der Waals surface area contributed by atoms with Gasteiger partial charge in [0.2, 0.25) is 0 Å². The van der Waals surface area contributed by atoms with Crippen LogP contribution in [0.2, 0.25) is 0 Å². The number of aryl methyl sites for hydroxylation is 1. The van der Waals surface area contributed by atoms with Gasteiger partial charge in [-0.1, -0.05) is 37.1 Å². The molecule has 12 heavy (non-hydrogen) atoms. The molecule has 1 aromatic carbocycles. The van der Waals surface area contributed by atoms with Crippen molar-refractivity contribution in [2.45, 2.75) is 25.3 Å². The summed E-state index contributed by atoms with van der Waals surface area (Å²) in [5, 5.41) is 0. The quantitative estimate of drug-likeness (QED) is 0.664. The highest BCUT2D eigenvalue weighted by Crippen LogP contribution is 2.46. The average molecular weight is 179 g/mol. The van der Waals surface area contributed by atoms with E-state index < -0.39 is 0 Å². The van der Waals surface area contributed by atoms with Gasteiger partial charge >= 0.3 is 0 Å². The van der Waals surface area contributed by atoms with Crippen molar-refractivity contribution in [3.63, 3.8) is 0 Å². The topological polar surface area (TPSA) is 12.0 Å². The van der Waals surface area contributed by atoms with Crippen molar-refractivity contribution < 1.29 is 0 Å². The number of rotatable bonds is 2. The van der Waals surface area contributed by atoms with Gasteiger partial charge in [0.25, 0.3) is 0 Å². The van der Waals surface area contributed by atoms with Crippen molar-refractivity contribution in [1.29, 1.82) is 0 Å². The number of nitrogens with one attached hydrogen (secondary N) is 1. The van der Waals surface area contributed by atoms with E-state index >= 15 is 0 Å². The predicted octanol–water partition coefficient (Wildman–Crippen LogP) is 2.42. The summed E-state index contributed by atoms with van der Waals surface area (Å²) in [4.78, 5) is 0. The summed E-state index contributed by atoms with van der Waals surface area (Å²) >= 11 is 4.17. The highest BCUT2D eigenvalue weighted by Gasteiger charge is 2.43. The van der Waals surface area contributed by atoms with E-state index in [0.717, 1.165) is 0 Å². The minimum Gasteiger partial charge on any atom is -0.256 e. The van der Waals surface area contributed by atoms with E-state index in [9.17, 15) is 0 Å². The van der Waals surface area contributed by atoms with E-state index in [0.29, 0.717) is 0 Å². The summed E-state index contributed by atoms with van der Waals surface area (Å²) < 4.78 is 3.10. The summed E-state index contributed by atoms with van der Waals surface area (Å²) in [6.45, 7) is 2.15. The van der Waals surface area contributed by atoms with Crippen molar-refractivity contribution in [3.05, 3.63) is 35.4 Å². The molecular weight excluding hydrogens is 166 g/mol. The largest absolute Gasteiger partial charge is 0.256 e. The summed E-state index contributed by atoms with van der Waals surface area (Å²) in [5.74, 6) is 0. The fraction of sp³-hybridized carbons (Fsp3) is 0.400. The van der Waals surface area contributed by atoms with Gasteiger partial charge in [-0.25, -0.2) is 0 Å². The van der Waals surface area contributed by atoms with Crippen LogP contribution in [0.3, 0.4) is 0 Å². The molecule has 0 heterocycles. The van der Waals surface area contributed by atoms with Gasteiger partial charge in [0, 0.05) is 0 Å². The molecule has 1 nitrogen and oxygen atoms in total. The van der Waals surface area contributed by atoms with Gasteiger partial charge in [-0.05, 0) is 30.9 Å². The first-order valence-corrected chi connectivity index (χ1v) is 4.71. The number of thiol groups is 1. The van der Waals surface area contributed by atoms with Crippen LogP contribution in [0.4, 0.5) is 0 Å².